The molecule has 14 nitrogen and oxygen atoms in total. The summed E-state index contributed by atoms with van der Waals surface area (Å²) >= 11 is 0. The summed E-state index contributed by atoms with van der Waals surface area (Å²) in [6.45, 7) is 14.5. The zero-order valence-corrected chi connectivity index (χ0v) is 32.7. The molecule has 0 aliphatic carbocycles. The van der Waals surface area contributed by atoms with Crippen molar-refractivity contribution in [3.63, 3.8) is 0 Å². The van der Waals surface area contributed by atoms with E-state index in [0.717, 1.165) is 10.5 Å². The standard InChI is InChI=1S/C39H58N4O10/c1-11-33(50-10)51-32-19-25(15-16-30(32)49-9)18-26(23(2)3)20-29-31(21-27(24(4)5)34(44)42-22-38(6,7)36(40)46)52-39(8,43(29)37(47)48)53-35(45)28-14-12-13-17-41-28/h12-17,19,23-24,26-27,29,31,33H,11,18,20-22H2,1-10H3,(H2,40,46)(H,42,44)(H,47,48)/t26-,27-,29-,31-,33?,39?/m0/s1. The van der Waals surface area contributed by atoms with Crippen molar-refractivity contribution in [2.45, 2.75) is 105 Å². The zero-order chi connectivity index (χ0) is 39.7. The van der Waals surface area contributed by atoms with Crippen molar-refractivity contribution >= 4 is 23.9 Å². The Balaban J connectivity index is 2.03. The van der Waals surface area contributed by atoms with Crippen molar-refractivity contribution < 1.29 is 48.0 Å². The zero-order valence-electron chi connectivity index (χ0n) is 32.7. The monoisotopic (exact) mass is 742 g/mol. The number of pyridine rings is 1. The maximum absolute atomic E-state index is 13.7. The van der Waals surface area contributed by atoms with E-state index in [0.29, 0.717) is 30.8 Å². The number of carboxylic acid groups (broad SMARTS) is 1. The molecule has 0 bridgehead atoms. The first kappa shape index (κ1) is 43.0. The van der Waals surface area contributed by atoms with Gasteiger partial charge in [-0.3, -0.25) is 9.59 Å². The lowest BCUT2D eigenvalue weighted by molar-refractivity contribution is -0.233. The summed E-state index contributed by atoms with van der Waals surface area (Å²) in [4.78, 5) is 57.3. The van der Waals surface area contributed by atoms with Gasteiger partial charge >= 0.3 is 12.1 Å². The highest BCUT2D eigenvalue weighted by Gasteiger charge is 2.57. The van der Waals surface area contributed by atoms with E-state index in [1.165, 1.54) is 19.2 Å². The van der Waals surface area contributed by atoms with Crippen LogP contribution in [0.4, 0.5) is 4.79 Å². The number of amides is 3. The van der Waals surface area contributed by atoms with E-state index < -0.39 is 53.6 Å². The van der Waals surface area contributed by atoms with Crippen LogP contribution in [0.5, 0.6) is 11.5 Å². The van der Waals surface area contributed by atoms with Crippen LogP contribution in [0.1, 0.15) is 90.7 Å². The van der Waals surface area contributed by atoms with Gasteiger partial charge in [0.1, 0.15) is 5.69 Å². The van der Waals surface area contributed by atoms with Crippen molar-refractivity contribution in [1.29, 1.82) is 0 Å². The summed E-state index contributed by atoms with van der Waals surface area (Å²) in [6.07, 6.45) is 0.319. The number of rotatable bonds is 19. The quantitative estimate of drug-likeness (QED) is 0.120. The molecule has 0 saturated carbocycles. The Morgan fingerprint density at radius 2 is 1.75 bits per heavy atom. The minimum Gasteiger partial charge on any atom is -0.493 e. The molecule has 294 valence electrons. The molecule has 14 heteroatoms. The van der Waals surface area contributed by atoms with Gasteiger partial charge in [0, 0.05) is 39.1 Å². The summed E-state index contributed by atoms with van der Waals surface area (Å²) in [5, 5.41) is 13.6. The molecule has 1 aliphatic heterocycles. The highest BCUT2D eigenvalue weighted by atomic mass is 16.8. The van der Waals surface area contributed by atoms with Gasteiger partial charge in [-0.05, 0) is 80.7 Å². The number of nitrogens with zero attached hydrogens (tertiary/aromatic N) is 2. The lowest BCUT2D eigenvalue weighted by Crippen LogP contribution is -2.52. The molecule has 1 aromatic carbocycles. The number of benzene rings is 1. The fourth-order valence-electron chi connectivity index (χ4n) is 6.49. The van der Waals surface area contributed by atoms with Gasteiger partial charge in [0.15, 0.2) is 17.8 Å². The van der Waals surface area contributed by atoms with Gasteiger partial charge in [-0.15, -0.1) is 0 Å². The Hall–Kier alpha value is -4.43. The van der Waals surface area contributed by atoms with E-state index in [2.05, 4.69) is 24.1 Å². The number of ether oxygens (including phenoxy) is 5. The molecule has 3 amide bonds. The summed E-state index contributed by atoms with van der Waals surface area (Å²) < 4.78 is 29.4. The van der Waals surface area contributed by atoms with Gasteiger partial charge in [-0.25, -0.2) is 19.5 Å². The first-order chi connectivity index (χ1) is 24.9. The van der Waals surface area contributed by atoms with Crippen LogP contribution in [0.2, 0.25) is 0 Å². The molecule has 0 radical (unpaired) electrons. The van der Waals surface area contributed by atoms with Gasteiger partial charge in [-0.1, -0.05) is 46.8 Å². The van der Waals surface area contributed by atoms with Crippen molar-refractivity contribution in [2.75, 3.05) is 20.8 Å². The van der Waals surface area contributed by atoms with E-state index in [1.807, 2.05) is 39.0 Å². The van der Waals surface area contributed by atoms with Gasteiger partial charge < -0.3 is 39.8 Å². The normalized spacial score (nSPS) is 20.5. The molecule has 2 aromatic rings. The Morgan fingerprint density at radius 3 is 2.28 bits per heavy atom. The molecule has 4 N–H and O–H groups in total. The van der Waals surface area contributed by atoms with Crippen LogP contribution in [0, 0.1) is 29.1 Å². The number of methoxy groups -OCH3 is 2. The Labute approximate surface area is 313 Å². The summed E-state index contributed by atoms with van der Waals surface area (Å²) in [5.41, 5.74) is 5.47. The number of carbonyl (C=O) groups is 4. The largest absolute Gasteiger partial charge is 0.493 e. The molecular weight excluding hydrogens is 684 g/mol. The Morgan fingerprint density at radius 1 is 1.06 bits per heavy atom. The predicted molar refractivity (Wildman–Crippen MR) is 197 cm³/mol. The summed E-state index contributed by atoms with van der Waals surface area (Å²) in [6, 6.07) is 9.57. The predicted octanol–water partition coefficient (Wildman–Crippen LogP) is 5.62. The molecule has 2 unspecified atom stereocenters. The molecule has 1 saturated heterocycles. The van der Waals surface area contributed by atoms with Gasteiger partial charge in [0.2, 0.25) is 11.8 Å². The van der Waals surface area contributed by atoms with E-state index in [9.17, 15) is 24.3 Å². The molecule has 6 atom stereocenters. The van der Waals surface area contributed by atoms with Crippen molar-refractivity contribution in [3.05, 3.63) is 53.9 Å². The van der Waals surface area contributed by atoms with Crippen LogP contribution in [-0.2, 0) is 30.2 Å². The van der Waals surface area contributed by atoms with Crippen LogP contribution >= 0.6 is 0 Å². The smallest absolute Gasteiger partial charge is 0.412 e. The van der Waals surface area contributed by atoms with E-state index in [4.69, 9.17) is 29.4 Å². The topological polar surface area (TPSA) is 189 Å². The fourth-order valence-corrected chi connectivity index (χ4v) is 6.49. The number of hydrogen-bond donors (Lipinski definition) is 3. The van der Waals surface area contributed by atoms with Crippen molar-refractivity contribution in [3.8, 4) is 11.5 Å². The number of hydrogen-bond acceptors (Lipinski definition) is 10. The van der Waals surface area contributed by atoms with Crippen LogP contribution in [0.25, 0.3) is 0 Å². The average Bonchev–Trinajstić information content (AvgIpc) is 3.38. The number of esters is 1. The minimum absolute atomic E-state index is 0.0180. The average molecular weight is 743 g/mol. The molecule has 1 aromatic heterocycles. The van der Waals surface area contributed by atoms with Crippen LogP contribution < -0.4 is 20.5 Å². The Bertz CT molecular complexity index is 1550. The maximum atomic E-state index is 13.7. The number of nitrogens with two attached hydrogens (primary N) is 1. The molecular formula is C39H58N4O10. The van der Waals surface area contributed by atoms with Crippen LogP contribution in [0.3, 0.4) is 0 Å². The first-order valence-electron chi connectivity index (χ1n) is 18.2. The van der Waals surface area contributed by atoms with Crippen LogP contribution in [0.15, 0.2) is 42.6 Å². The summed E-state index contributed by atoms with van der Waals surface area (Å²) in [7, 11) is 3.14. The SMILES string of the molecule is CCC(OC)Oc1cc(C[C@@H](C[C@H]2[C@H](C[C@H](C(=O)NCC(C)(C)C(N)=O)C(C)C)OC(C)(OC(=O)c3ccccn3)N2C(=O)O)C(C)C)ccc1OC. The lowest BCUT2D eigenvalue weighted by Gasteiger charge is -2.35. The van der Waals surface area contributed by atoms with Crippen molar-refractivity contribution in [1.82, 2.24) is 15.2 Å². The number of aromatic nitrogens is 1. The third-order valence-electron chi connectivity index (χ3n) is 10.00. The highest BCUT2D eigenvalue weighted by Crippen LogP contribution is 2.42. The van der Waals surface area contributed by atoms with Crippen LogP contribution in [-0.4, -0.2) is 84.0 Å². The van der Waals surface area contributed by atoms with E-state index in [-0.39, 0.29) is 42.3 Å². The molecule has 1 aliphatic rings. The lowest BCUT2D eigenvalue weighted by atomic mass is 9.80. The van der Waals surface area contributed by atoms with E-state index in [1.54, 1.807) is 40.2 Å². The van der Waals surface area contributed by atoms with Gasteiger partial charge in [-0.2, -0.15) is 0 Å². The number of carbonyl (C=O) groups excluding carboxylic acids is 3. The highest BCUT2D eigenvalue weighted by molar-refractivity contribution is 5.87. The third-order valence-corrected chi connectivity index (χ3v) is 10.00. The van der Waals surface area contributed by atoms with Crippen molar-refractivity contribution in [2.24, 2.45) is 34.8 Å². The maximum Gasteiger partial charge on any atom is 0.412 e. The second kappa shape index (κ2) is 18.6. The van der Waals surface area contributed by atoms with Gasteiger partial charge in [0.25, 0.3) is 5.91 Å². The minimum atomic E-state index is -2.04. The third kappa shape index (κ3) is 11.0. The summed E-state index contributed by atoms with van der Waals surface area (Å²) in [5.74, 6) is -3.60. The molecule has 1 fully saturated rings. The molecule has 53 heavy (non-hydrogen) atoms. The van der Waals surface area contributed by atoms with Gasteiger partial charge in [0.05, 0.1) is 24.7 Å². The number of nitrogens with one attached hydrogen (secondary N) is 1. The number of primary amides is 1. The Kier molecular flexibility index (Phi) is 15.0. The fraction of sp³-hybridized carbons (Fsp3) is 0.615. The second-order valence-electron chi connectivity index (χ2n) is 15.1. The molecule has 2 heterocycles. The molecule has 0 spiro atoms. The molecule has 3 rings (SSSR count). The first-order valence-corrected chi connectivity index (χ1v) is 18.2. The second-order valence-corrected chi connectivity index (χ2v) is 15.1. The van der Waals surface area contributed by atoms with E-state index >= 15 is 0 Å².